The Kier molecular flexibility index (Phi) is 6.64. The molecule has 5 nitrogen and oxygen atoms in total. The van der Waals surface area contributed by atoms with Gasteiger partial charge < -0.3 is 4.74 Å². The first-order chi connectivity index (χ1) is 16.2. The van der Waals surface area contributed by atoms with E-state index in [1.807, 2.05) is 31.2 Å². The Bertz CT molecular complexity index is 1300. The van der Waals surface area contributed by atoms with Gasteiger partial charge in [0.1, 0.15) is 11.3 Å². The van der Waals surface area contributed by atoms with E-state index in [0.29, 0.717) is 18.8 Å². The Balaban J connectivity index is 1.66. The third kappa shape index (κ3) is 5.25. The van der Waals surface area contributed by atoms with Crippen molar-refractivity contribution in [3.05, 3.63) is 84.2 Å². The summed E-state index contributed by atoms with van der Waals surface area (Å²) in [5, 5.41) is 0.964. The summed E-state index contributed by atoms with van der Waals surface area (Å²) < 4.78 is 5.38. The maximum Gasteiger partial charge on any atom is 0.229 e. The molecule has 0 unspecified atom stereocenters. The van der Waals surface area contributed by atoms with E-state index >= 15 is 0 Å². The largest absolute Gasteiger partial charge is 0.496 e. The van der Waals surface area contributed by atoms with E-state index in [-0.39, 0.29) is 11.3 Å². The minimum absolute atomic E-state index is 0.0352. The molecular weight excluding hydrogens is 422 g/mol. The fourth-order valence-corrected chi connectivity index (χ4v) is 4.06. The molecule has 2 aromatic carbocycles. The van der Waals surface area contributed by atoms with Gasteiger partial charge in [-0.15, -0.1) is 0 Å². The number of methoxy groups -OCH3 is 1. The van der Waals surface area contributed by atoms with E-state index in [4.69, 9.17) is 4.74 Å². The van der Waals surface area contributed by atoms with E-state index in [1.165, 1.54) is 0 Å². The highest BCUT2D eigenvalue weighted by atomic mass is 16.5. The number of ether oxygens (including phenoxy) is 1. The Morgan fingerprint density at radius 3 is 2.35 bits per heavy atom. The third-order valence-corrected chi connectivity index (χ3v) is 5.76. The Hall–Kier alpha value is -3.73. The number of aromatic nitrogens is 2. The predicted molar refractivity (Wildman–Crippen MR) is 138 cm³/mol. The van der Waals surface area contributed by atoms with Crippen molar-refractivity contribution < 1.29 is 9.53 Å². The van der Waals surface area contributed by atoms with Gasteiger partial charge in [0.05, 0.1) is 13.7 Å². The molecule has 0 fully saturated rings. The quantitative estimate of drug-likeness (QED) is 0.331. The van der Waals surface area contributed by atoms with E-state index in [1.54, 1.807) is 24.4 Å². The van der Waals surface area contributed by atoms with Crippen LogP contribution in [0.1, 0.15) is 38.3 Å². The number of nitrogens with zero attached hydrogens (tertiary/aromatic N) is 3. The van der Waals surface area contributed by atoms with Crippen molar-refractivity contribution in [3.8, 4) is 16.9 Å². The molecule has 2 heterocycles. The van der Waals surface area contributed by atoms with Gasteiger partial charge in [0, 0.05) is 24.2 Å². The summed E-state index contributed by atoms with van der Waals surface area (Å²) in [6.45, 7) is 8.69. The molecule has 0 bridgehead atoms. The Labute approximate surface area is 201 Å². The van der Waals surface area contributed by atoms with E-state index in [9.17, 15) is 4.79 Å². The molecule has 174 valence electrons. The van der Waals surface area contributed by atoms with Crippen LogP contribution >= 0.6 is 0 Å². The molecule has 0 aliphatic heterocycles. The smallest absolute Gasteiger partial charge is 0.229 e. The van der Waals surface area contributed by atoms with E-state index < -0.39 is 0 Å². The van der Waals surface area contributed by atoms with Crippen LogP contribution in [-0.4, -0.2) is 23.0 Å². The van der Waals surface area contributed by atoms with Crippen molar-refractivity contribution in [2.24, 2.45) is 5.41 Å². The van der Waals surface area contributed by atoms with Crippen LogP contribution in [0.25, 0.3) is 22.0 Å². The normalized spacial score (nSPS) is 11.4. The summed E-state index contributed by atoms with van der Waals surface area (Å²) in [4.78, 5) is 24.3. The number of carbonyl (C=O) groups excluding carboxylic acids is 1. The minimum atomic E-state index is -0.135. The van der Waals surface area contributed by atoms with Gasteiger partial charge in [0.2, 0.25) is 5.91 Å². The van der Waals surface area contributed by atoms with Gasteiger partial charge in [-0.2, -0.15) is 0 Å². The summed E-state index contributed by atoms with van der Waals surface area (Å²) in [6, 6.07) is 20.3. The lowest BCUT2D eigenvalue weighted by Gasteiger charge is -2.27. The lowest BCUT2D eigenvalue weighted by Crippen LogP contribution is -2.34. The van der Waals surface area contributed by atoms with Crippen LogP contribution < -0.4 is 9.64 Å². The molecule has 0 saturated carbocycles. The molecular formula is C29H31N3O2. The number of hydrogen-bond acceptors (Lipinski definition) is 4. The third-order valence-electron chi connectivity index (χ3n) is 5.76. The molecule has 2 aromatic heterocycles. The van der Waals surface area contributed by atoms with Gasteiger partial charge in [-0.1, -0.05) is 57.2 Å². The van der Waals surface area contributed by atoms with Crippen molar-refractivity contribution in [2.75, 3.05) is 12.0 Å². The molecule has 0 aliphatic rings. The van der Waals surface area contributed by atoms with Crippen LogP contribution in [-0.2, 0) is 11.3 Å². The molecule has 4 aromatic rings. The monoisotopic (exact) mass is 453 g/mol. The summed E-state index contributed by atoms with van der Waals surface area (Å²) in [5.41, 5.74) is 4.97. The molecule has 0 aliphatic carbocycles. The fraction of sp³-hybridized carbons (Fsp3) is 0.276. The minimum Gasteiger partial charge on any atom is -0.496 e. The van der Waals surface area contributed by atoms with Gasteiger partial charge >= 0.3 is 0 Å². The van der Waals surface area contributed by atoms with Crippen LogP contribution in [0.4, 0.5) is 5.82 Å². The zero-order chi connectivity index (χ0) is 24.3. The Morgan fingerprint density at radius 2 is 1.68 bits per heavy atom. The first-order valence-electron chi connectivity index (χ1n) is 11.5. The fourth-order valence-electron chi connectivity index (χ4n) is 4.06. The van der Waals surface area contributed by atoms with Crippen molar-refractivity contribution in [1.29, 1.82) is 0 Å². The molecule has 0 atom stereocenters. The molecule has 0 radical (unpaired) electrons. The number of pyridine rings is 2. The summed E-state index contributed by atoms with van der Waals surface area (Å²) in [6.07, 6.45) is 3.90. The van der Waals surface area contributed by atoms with Crippen LogP contribution in [0.2, 0.25) is 0 Å². The maximum absolute atomic E-state index is 13.4. The second-order valence-corrected chi connectivity index (χ2v) is 9.81. The van der Waals surface area contributed by atoms with Crippen LogP contribution in [0.3, 0.4) is 0 Å². The first-order valence-corrected chi connectivity index (χ1v) is 11.5. The average Bonchev–Trinajstić information content (AvgIpc) is 2.81. The van der Waals surface area contributed by atoms with Crippen molar-refractivity contribution in [3.63, 3.8) is 0 Å². The van der Waals surface area contributed by atoms with Gasteiger partial charge in [-0.3, -0.25) is 14.7 Å². The summed E-state index contributed by atoms with van der Waals surface area (Å²) >= 11 is 0. The van der Waals surface area contributed by atoms with E-state index in [0.717, 1.165) is 38.9 Å². The van der Waals surface area contributed by atoms with Crippen LogP contribution in [0.5, 0.6) is 5.75 Å². The SMILES string of the molecule is COc1ccc(-c2ccc(CN(C(=O)CC(C)(C)C)c3nccc4cccnc34)cc2)cc1C. The number of hydrogen-bond donors (Lipinski definition) is 0. The first kappa shape index (κ1) is 23.4. The second kappa shape index (κ2) is 9.64. The second-order valence-electron chi connectivity index (χ2n) is 9.81. The maximum atomic E-state index is 13.4. The lowest BCUT2D eigenvalue weighted by atomic mass is 9.91. The zero-order valence-corrected chi connectivity index (χ0v) is 20.5. The number of aryl methyl sites for hydroxylation is 1. The number of benzene rings is 2. The Morgan fingerprint density at radius 1 is 0.941 bits per heavy atom. The summed E-state index contributed by atoms with van der Waals surface area (Å²) in [5.74, 6) is 1.51. The highest BCUT2D eigenvalue weighted by molar-refractivity contribution is 6.00. The standard InChI is InChI=1S/C29H31N3O2/c1-20-17-24(12-13-25(20)34-5)22-10-8-21(9-11-22)19-32(26(33)18-29(2,3)4)28-27-23(14-16-31-28)7-6-15-30-27/h6-17H,18-19H2,1-5H3. The number of fused-ring (bicyclic) bond motifs is 1. The van der Waals surface area contributed by atoms with E-state index in [2.05, 4.69) is 67.1 Å². The number of amides is 1. The number of rotatable bonds is 6. The predicted octanol–water partition coefficient (Wildman–Crippen LogP) is 6.58. The molecule has 5 heteroatoms. The highest BCUT2D eigenvalue weighted by Gasteiger charge is 2.25. The van der Waals surface area contributed by atoms with Gasteiger partial charge in [-0.05, 0) is 58.9 Å². The van der Waals surface area contributed by atoms with Crippen LogP contribution in [0, 0.1) is 12.3 Å². The lowest BCUT2D eigenvalue weighted by molar-refractivity contribution is -0.120. The number of anilines is 1. The van der Waals surface area contributed by atoms with Crippen molar-refractivity contribution in [1.82, 2.24) is 9.97 Å². The van der Waals surface area contributed by atoms with Crippen molar-refractivity contribution >= 4 is 22.6 Å². The zero-order valence-electron chi connectivity index (χ0n) is 20.5. The van der Waals surface area contributed by atoms with Crippen LogP contribution in [0.15, 0.2) is 73.1 Å². The average molecular weight is 454 g/mol. The van der Waals surface area contributed by atoms with Gasteiger partial charge in [-0.25, -0.2) is 4.98 Å². The molecule has 34 heavy (non-hydrogen) atoms. The molecule has 0 N–H and O–H groups in total. The topological polar surface area (TPSA) is 55.3 Å². The number of carbonyl (C=O) groups is 1. The van der Waals surface area contributed by atoms with Gasteiger partial charge in [0.25, 0.3) is 0 Å². The molecule has 0 spiro atoms. The molecule has 1 amide bonds. The molecule has 4 rings (SSSR count). The van der Waals surface area contributed by atoms with Crippen molar-refractivity contribution in [2.45, 2.75) is 40.7 Å². The molecule has 0 saturated heterocycles. The van der Waals surface area contributed by atoms with Gasteiger partial charge in [0.15, 0.2) is 5.82 Å². The highest BCUT2D eigenvalue weighted by Crippen LogP contribution is 2.29. The summed E-state index contributed by atoms with van der Waals surface area (Å²) in [7, 11) is 1.68.